The van der Waals surface area contributed by atoms with Crippen molar-refractivity contribution in [3.05, 3.63) is 38.9 Å². The van der Waals surface area contributed by atoms with E-state index in [1.807, 2.05) is 19.2 Å². The summed E-state index contributed by atoms with van der Waals surface area (Å²) in [4.78, 5) is 3.39. The number of sulfonamides is 1. The summed E-state index contributed by atoms with van der Waals surface area (Å²) in [6.45, 7) is 3.30. The molecule has 0 atom stereocenters. The van der Waals surface area contributed by atoms with Crippen molar-refractivity contribution in [3.63, 3.8) is 0 Å². The molecule has 0 aliphatic carbocycles. The minimum Gasteiger partial charge on any atom is -0.319 e. The van der Waals surface area contributed by atoms with E-state index in [1.54, 1.807) is 17.4 Å². The van der Waals surface area contributed by atoms with Crippen molar-refractivity contribution in [2.75, 3.05) is 13.6 Å². The van der Waals surface area contributed by atoms with E-state index in [-0.39, 0.29) is 0 Å². The van der Waals surface area contributed by atoms with Crippen LogP contribution in [0, 0.1) is 0 Å². The molecule has 7 heteroatoms. The summed E-state index contributed by atoms with van der Waals surface area (Å²) in [7, 11) is -1.52. The molecule has 2 rings (SSSR count). The van der Waals surface area contributed by atoms with Gasteiger partial charge >= 0.3 is 0 Å². The second-order valence-corrected chi connectivity index (χ2v) is 9.04. The zero-order chi connectivity index (χ0) is 15.3. The SMILES string of the molecule is CCc1ccc(CNS(=O)(=O)c2ccc(CCNC)s2)s1. The Labute approximate surface area is 134 Å². The first-order chi connectivity index (χ1) is 10.0. The van der Waals surface area contributed by atoms with Gasteiger partial charge in [-0.1, -0.05) is 6.92 Å². The van der Waals surface area contributed by atoms with Gasteiger partial charge in [0, 0.05) is 21.2 Å². The summed E-state index contributed by atoms with van der Waals surface area (Å²) in [6, 6.07) is 7.61. The lowest BCUT2D eigenvalue weighted by molar-refractivity contribution is 0.584. The minimum atomic E-state index is -3.41. The Morgan fingerprint density at radius 3 is 2.43 bits per heavy atom. The molecule has 21 heavy (non-hydrogen) atoms. The third-order valence-electron chi connectivity index (χ3n) is 3.03. The first-order valence-corrected chi connectivity index (χ1v) is 9.97. The van der Waals surface area contributed by atoms with Gasteiger partial charge in [-0.05, 0) is 50.7 Å². The summed E-state index contributed by atoms with van der Waals surface area (Å²) >= 11 is 2.99. The highest BCUT2D eigenvalue weighted by Crippen LogP contribution is 2.23. The van der Waals surface area contributed by atoms with Crippen LogP contribution < -0.4 is 10.0 Å². The third-order valence-corrected chi connectivity index (χ3v) is 7.29. The standard InChI is InChI=1S/C14H20N2O2S3/c1-3-11-4-5-13(19-11)10-16-21(17,18)14-7-6-12(20-14)8-9-15-2/h4-7,15-16H,3,8-10H2,1-2H3. The molecule has 0 saturated carbocycles. The smallest absolute Gasteiger partial charge is 0.250 e. The number of hydrogen-bond acceptors (Lipinski definition) is 5. The van der Waals surface area contributed by atoms with Crippen LogP contribution in [0.3, 0.4) is 0 Å². The quantitative estimate of drug-likeness (QED) is 0.774. The molecule has 0 spiro atoms. The van der Waals surface area contributed by atoms with Gasteiger partial charge in [-0.3, -0.25) is 0 Å². The molecule has 2 heterocycles. The Balaban J connectivity index is 1.99. The van der Waals surface area contributed by atoms with Crippen molar-refractivity contribution in [2.24, 2.45) is 0 Å². The number of aryl methyl sites for hydroxylation is 1. The summed E-state index contributed by atoms with van der Waals surface area (Å²) in [6.07, 6.45) is 1.83. The van der Waals surface area contributed by atoms with Gasteiger partial charge in [0.15, 0.2) is 0 Å². The van der Waals surface area contributed by atoms with Crippen LogP contribution in [0.25, 0.3) is 0 Å². The molecule has 2 N–H and O–H groups in total. The van der Waals surface area contributed by atoms with Crippen LogP contribution in [0.4, 0.5) is 0 Å². The molecule has 2 aromatic rings. The lowest BCUT2D eigenvalue weighted by Gasteiger charge is -2.03. The lowest BCUT2D eigenvalue weighted by Crippen LogP contribution is -2.21. The van der Waals surface area contributed by atoms with Crippen LogP contribution in [-0.4, -0.2) is 22.0 Å². The van der Waals surface area contributed by atoms with Crippen LogP contribution in [0.15, 0.2) is 28.5 Å². The maximum Gasteiger partial charge on any atom is 0.250 e. The molecule has 0 fully saturated rings. The number of nitrogens with one attached hydrogen (secondary N) is 2. The summed E-state index contributed by atoms with van der Waals surface area (Å²) in [5.41, 5.74) is 0. The normalized spacial score (nSPS) is 11.9. The van der Waals surface area contributed by atoms with Crippen molar-refractivity contribution in [2.45, 2.75) is 30.5 Å². The van der Waals surface area contributed by atoms with Gasteiger partial charge in [0.1, 0.15) is 4.21 Å². The van der Waals surface area contributed by atoms with Crippen LogP contribution in [0.2, 0.25) is 0 Å². The number of likely N-dealkylation sites (N-methyl/N-ethyl adjacent to an activating group) is 1. The highest BCUT2D eigenvalue weighted by Gasteiger charge is 2.16. The molecule has 0 amide bonds. The molecule has 0 aromatic carbocycles. The van der Waals surface area contributed by atoms with E-state index in [0.717, 1.165) is 29.1 Å². The zero-order valence-corrected chi connectivity index (χ0v) is 14.6. The Hall–Kier alpha value is -0.730. The predicted molar refractivity (Wildman–Crippen MR) is 89.7 cm³/mol. The maximum atomic E-state index is 12.3. The minimum absolute atomic E-state index is 0.358. The van der Waals surface area contributed by atoms with Gasteiger partial charge in [-0.25, -0.2) is 13.1 Å². The maximum absolute atomic E-state index is 12.3. The molecule has 0 saturated heterocycles. The molecule has 0 bridgehead atoms. The number of hydrogen-bond donors (Lipinski definition) is 2. The fraction of sp³-hybridized carbons (Fsp3) is 0.429. The Kier molecular flexibility index (Phi) is 5.95. The van der Waals surface area contributed by atoms with E-state index in [9.17, 15) is 8.42 Å². The predicted octanol–water partition coefficient (Wildman–Crippen LogP) is 2.61. The summed E-state index contributed by atoms with van der Waals surface area (Å²) < 4.78 is 27.6. The molecular formula is C14H20N2O2S3. The molecule has 116 valence electrons. The third kappa shape index (κ3) is 4.62. The van der Waals surface area contributed by atoms with Crippen molar-refractivity contribution in [1.29, 1.82) is 0 Å². The van der Waals surface area contributed by atoms with Gasteiger partial charge in [-0.2, -0.15) is 0 Å². The van der Waals surface area contributed by atoms with Gasteiger partial charge in [0.2, 0.25) is 10.0 Å². The molecule has 4 nitrogen and oxygen atoms in total. The molecule has 0 aliphatic rings. The second-order valence-electron chi connectivity index (χ2n) is 4.62. The fourth-order valence-electron chi connectivity index (χ4n) is 1.83. The van der Waals surface area contributed by atoms with E-state index in [2.05, 4.69) is 23.0 Å². The van der Waals surface area contributed by atoms with Gasteiger partial charge < -0.3 is 5.32 Å². The molecule has 0 unspecified atom stereocenters. The van der Waals surface area contributed by atoms with Crippen LogP contribution in [0.5, 0.6) is 0 Å². The molecule has 0 radical (unpaired) electrons. The average molecular weight is 345 g/mol. The zero-order valence-electron chi connectivity index (χ0n) is 12.2. The lowest BCUT2D eigenvalue weighted by atomic mass is 10.3. The average Bonchev–Trinajstić information content (AvgIpc) is 3.12. The topological polar surface area (TPSA) is 58.2 Å². The van der Waals surface area contributed by atoms with E-state index in [1.165, 1.54) is 16.2 Å². The largest absolute Gasteiger partial charge is 0.319 e. The number of rotatable bonds is 8. The van der Waals surface area contributed by atoms with Gasteiger partial charge in [0.25, 0.3) is 0 Å². The highest BCUT2D eigenvalue weighted by atomic mass is 32.2. The summed E-state index contributed by atoms with van der Waals surface area (Å²) in [5, 5.41) is 3.06. The van der Waals surface area contributed by atoms with Crippen molar-refractivity contribution >= 4 is 32.7 Å². The van der Waals surface area contributed by atoms with E-state index in [0.29, 0.717) is 10.8 Å². The second kappa shape index (κ2) is 7.51. The fourth-order valence-corrected chi connectivity index (χ4v) is 5.23. The Bertz CT molecular complexity index is 674. The monoisotopic (exact) mass is 344 g/mol. The Morgan fingerprint density at radius 2 is 1.76 bits per heavy atom. The molecular weight excluding hydrogens is 324 g/mol. The van der Waals surface area contributed by atoms with Crippen molar-refractivity contribution in [3.8, 4) is 0 Å². The van der Waals surface area contributed by atoms with Crippen LogP contribution in [0.1, 0.15) is 21.6 Å². The van der Waals surface area contributed by atoms with Crippen LogP contribution in [-0.2, 0) is 29.4 Å². The van der Waals surface area contributed by atoms with Gasteiger partial charge in [0.05, 0.1) is 0 Å². The molecule has 0 aliphatic heterocycles. The van der Waals surface area contributed by atoms with E-state index in [4.69, 9.17) is 0 Å². The first-order valence-electron chi connectivity index (χ1n) is 6.85. The van der Waals surface area contributed by atoms with Crippen LogP contribution >= 0.6 is 22.7 Å². The van der Waals surface area contributed by atoms with E-state index < -0.39 is 10.0 Å². The first kappa shape index (κ1) is 16.6. The van der Waals surface area contributed by atoms with Crippen molar-refractivity contribution < 1.29 is 8.42 Å². The molecule has 2 aromatic heterocycles. The summed E-state index contributed by atoms with van der Waals surface area (Å²) in [5.74, 6) is 0. The van der Waals surface area contributed by atoms with Gasteiger partial charge in [-0.15, -0.1) is 22.7 Å². The van der Waals surface area contributed by atoms with E-state index >= 15 is 0 Å². The number of thiophene rings is 2. The Morgan fingerprint density at radius 1 is 1.05 bits per heavy atom. The van der Waals surface area contributed by atoms with Crippen molar-refractivity contribution in [1.82, 2.24) is 10.0 Å². The highest BCUT2D eigenvalue weighted by molar-refractivity contribution is 7.91.